The molecule has 27 heavy (non-hydrogen) atoms. The third kappa shape index (κ3) is 7.22. The van der Waals surface area contributed by atoms with Gasteiger partial charge in [-0.2, -0.15) is 0 Å². The van der Waals surface area contributed by atoms with Crippen LogP contribution in [0.15, 0.2) is 59.1 Å². The molecule has 2 aromatic rings. The van der Waals surface area contributed by atoms with E-state index in [1.54, 1.807) is 0 Å². The van der Waals surface area contributed by atoms with Gasteiger partial charge in [0.25, 0.3) is 0 Å². The minimum Gasteiger partial charge on any atom is -0.632 e. The average Bonchev–Trinajstić information content (AvgIpc) is 2.63. The molecule has 0 aliphatic heterocycles. The molecule has 0 amide bonds. The van der Waals surface area contributed by atoms with Gasteiger partial charge in [-0.1, -0.05) is 46.3 Å². The van der Waals surface area contributed by atoms with E-state index < -0.39 is 10.6 Å². The van der Waals surface area contributed by atoms with Crippen LogP contribution in [0.2, 0.25) is 0 Å². The van der Waals surface area contributed by atoms with E-state index in [9.17, 15) is 19.5 Å². The van der Waals surface area contributed by atoms with E-state index >= 15 is 0 Å². The monoisotopic (exact) mass is 437 g/mol. The molecule has 0 spiro atoms. The quantitative estimate of drug-likeness (QED) is 0.281. The molecular weight excluding hydrogens is 417 g/mol. The Hall–Kier alpha value is -2.06. The minimum absolute atomic E-state index is 0.00427. The summed E-state index contributed by atoms with van der Waals surface area (Å²) in [5, 5.41) is 22.1. The number of hydrogen-bond donors (Lipinski definition) is 1. The molecule has 0 saturated carbocycles. The van der Waals surface area contributed by atoms with Crippen LogP contribution in [0, 0.1) is 11.0 Å². The molecule has 0 heterocycles. The molecule has 0 fully saturated rings. The van der Waals surface area contributed by atoms with Gasteiger partial charge in [0.15, 0.2) is 0 Å². The first-order valence-corrected chi connectivity index (χ1v) is 9.23. The van der Waals surface area contributed by atoms with Crippen LogP contribution in [0.25, 0.3) is 6.08 Å². The molecule has 1 atom stereocenters. The summed E-state index contributed by atoms with van der Waals surface area (Å²) in [4.78, 5) is 11.8. The van der Waals surface area contributed by atoms with Crippen molar-refractivity contribution in [2.45, 2.75) is 6.54 Å². The number of aliphatic hydroxyl groups excluding tert-OH is 1. The molecule has 144 valence electrons. The van der Waals surface area contributed by atoms with E-state index in [0.717, 1.165) is 10.0 Å². The fourth-order valence-corrected chi connectivity index (χ4v) is 2.90. The van der Waals surface area contributed by atoms with E-state index in [-0.39, 0.29) is 38.7 Å². The number of hydroxylamine groups is 3. The molecule has 0 saturated heterocycles. The van der Waals surface area contributed by atoms with E-state index in [0.29, 0.717) is 5.56 Å². The van der Waals surface area contributed by atoms with Gasteiger partial charge in [-0.15, -0.1) is 0 Å². The van der Waals surface area contributed by atoms with Gasteiger partial charge in [0.05, 0.1) is 6.61 Å². The van der Waals surface area contributed by atoms with E-state index in [1.807, 2.05) is 24.3 Å². The van der Waals surface area contributed by atoms with Crippen molar-refractivity contribution in [2.75, 3.05) is 26.3 Å². The van der Waals surface area contributed by atoms with Crippen LogP contribution < -0.4 is 0 Å². The lowest BCUT2D eigenvalue weighted by molar-refractivity contribution is -0.894. The molecule has 0 radical (unpaired) electrons. The maximum absolute atomic E-state index is 12.9. The third-order valence-corrected chi connectivity index (χ3v) is 4.72. The topological polar surface area (TPSA) is 69.6 Å². The number of esters is 1. The van der Waals surface area contributed by atoms with E-state index in [2.05, 4.69) is 15.9 Å². The Bertz CT molecular complexity index is 782. The van der Waals surface area contributed by atoms with E-state index in [1.165, 1.54) is 36.4 Å². The molecule has 0 aromatic heterocycles. The van der Waals surface area contributed by atoms with Gasteiger partial charge in [0.2, 0.25) is 0 Å². The fraction of sp³-hybridized carbons (Fsp3) is 0.250. The zero-order valence-corrected chi connectivity index (χ0v) is 16.3. The first-order chi connectivity index (χ1) is 12.9. The van der Waals surface area contributed by atoms with Crippen molar-refractivity contribution in [3.63, 3.8) is 0 Å². The molecule has 5 nitrogen and oxygen atoms in total. The molecular formula is C20H21BrFNO4. The zero-order valence-electron chi connectivity index (χ0n) is 14.7. The van der Waals surface area contributed by atoms with E-state index in [4.69, 9.17) is 4.74 Å². The molecule has 0 bridgehead atoms. The second-order valence-corrected chi connectivity index (χ2v) is 6.89. The summed E-state index contributed by atoms with van der Waals surface area (Å²) in [5.74, 6) is -0.941. The maximum atomic E-state index is 12.9. The number of benzene rings is 2. The Kier molecular flexibility index (Phi) is 8.12. The van der Waals surface area contributed by atoms with Crippen LogP contribution >= 0.6 is 15.9 Å². The zero-order chi connectivity index (χ0) is 19.7. The molecule has 0 aliphatic carbocycles. The van der Waals surface area contributed by atoms with Gasteiger partial charge in [0, 0.05) is 16.1 Å². The first kappa shape index (κ1) is 21.2. The first-order valence-electron chi connectivity index (χ1n) is 8.44. The highest BCUT2D eigenvalue weighted by Gasteiger charge is 2.19. The highest BCUT2D eigenvalue weighted by molar-refractivity contribution is 9.10. The predicted octanol–water partition coefficient (Wildman–Crippen LogP) is 3.65. The van der Waals surface area contributed by atoms with Crippen molar-refractivity contribution in [3.05, 3.63) is 81.2 Å². The van der Waals surface area contributed by atoms with Crippen LogP contribution in [-0.2, 0) is 16.1 Å². The predicted molar refractivity (Wildman–Crippen MR) is 105 cm³/mol. The molecule has 1 N–H and O–H groups in total. The summed E-state index contributed by atoms with van der Waals surface area (Å²) >= 11 is 3.41. The highest BCUT2D eigenvalue weighted by Crippen LogP contribution is 2.21. The normalized spacial score (nSPS) is 13.5. The fourth-order valence-electron chi connectivity index (χ4n) is 2.49. The van der Waals surface area contributed by atoms with Crippen molar-refractivity contribution in [3.8, 4) is 0 Å². The lowest BCUT2D eigenvalue weighted by atomic mass is 10.2. The number of carbonyl (C=O) groups excluding carboxylic acids is 1. The largest absolute Gasteiger partial charge is 0.632 e. The molecule has 2 aromatic carbocycles. The minimum atomic E-state index is -0.700. The van der Waals surface area contributed by atoms with Crippen molar-refractivity contribution in [2.24, 2.45) is 0 Å². The summed E-state index contributed by atoms with van der Waals surface area (Å²) in [7, 11) is 0. The van der Waals surface area contributed by atoms with Crippen molar-refractivity contribution in [1.82, 2.24) is 0 Å². The number of aliphatic hydroxyl groups is 1. The van der Waals surface area contributed by atoms with Gasteiger partial charge in [-0.05, 0) is 29.8 Å². The lowest BCUT2D eigenvalue weighted by Crippen LogP contribution is -2.46. The van der Waals surface area contributed by atoms with Gasteiger partial charge < -0.3 is 19.7 Å². The number of hydrogen-bond acceptors (Lipinski definition) is 4. The maximum Gasteiger partial charge on any atom is 0.330 e. The Morgan fingerprint density at radius 1 is 1.19 bits per heavy atom. The Morgan fingerprint density at radius 3 is 2.56 bits per heavy atom. The summed E-state index contributed by atoms with van der Waals surface area (Å²) in [6.07, 6.45) is 2.74. The lowest BCUT2D eigenvalue weighted by Gasteiger charge is -2.42. The molecule has 7 heteroatoms. The second kappa shape index (κ2) is 10.3. The average molecular weight is 438 g/mol. The van der Waals surface area contributed by atoms with Gasteiger partial charge in [-0.25, -0.2) is 9.18 Å². The van der Waals surface area contributed by atoms with Crippen LogP contribution in [0.4, 0.5) is 4.39 Å². The number of halogens is 2. The van der Waals surface area contributed by atoms with Crippen LogP contribution in [0.5, 0.6) is 0 Å². The highest BCUT2D eigenvalue weighted by atomic mass is 79.9. The summed E-state index contributed by atoms with van der Waals surface area (Å²) in [5.41, 5.74) is 1.49. The summed E-state index contributed by atoms with van der Waals surface area (Å²) in [6, 6.07) is 13.0. The SMILES string of the molecule is O=C(/C=C/c1ccc(F)cc1)OCC[N@@+]([O-])(CCO)Cc1ccccc1Br. The number of rotatable bonds is 9. The van der Waals surface area contributed by atoms with Gasteiger partial charge in [-0.3, -0.25) is 0 Å². The third-order valence-electron chi connectivity index (χ3n) is 3.95. The van der Waals surface area contributed by atoms with Crippen LogP contribution in [-0.4, -0.2) is 42.0 Å². The number of nitrogens with zero attached hydrogens (tertiary/aromatic N) is 1. The van der Waals surface area contributed by atoms with Gasteiger partial charge in [0.1, 0.15) is 32.1 Å². The van der Waals surface area contributed by atoms with Crippen LogP contribution in [0.3, 0.4) is 0 Å². The standard InChI is InChI=1S/C20H21BrFNO4/c21-19-4-2-1-3-17(19)15-23(26,11-13-24)12-14-27-20(25)10-7-16-5-8-18(22)9-6-16/h1-10,24H,11-15H2/b10-7+/t23-/m0/s1. The van der Waals surface area contributed by atoms with Gasteiger partial charge >= 0.3 is 5.97 Å². The molecule has 0 aliphatic rings. The number of quaternary nitrogens is 1. The molecule has 0 unspecified atom stereocenters. The Morgan fingerprint density at radius 2 is 1.89 bits per heavy atom. The Labute approximate surface area is 166 Å². The van der Waals surface area contributed by atoms with Crippen molar-refractivity contribution >= 4 is 28.0 Å². The Balaban J connectivity index is 1.88. The van der Waals surface area contributed by atoms with Crippen molar-refractivity contribution in [1.29, 1.82) is 0 Å². The summed E-state index contributed by atoms with van der Waals surface area (Å²) in [6.45, 7) is -0.139. The summed E-state index contributed by atoms with van der Waals surface area (Å²) < 4.78 is 18.0. The number of ether oxygens (including phenoxy) is 1. The van der Waals surface area contributed by atoms with Crippen LogP contribution in [0.1, 0.15) is 11.1 Å². The number of carbonyl (C=O) groups is 1. The molecule has 2 rings (SSSR count). The van der Waals surface area contributed by atoms with Crippen molar-refractivity contribution < 1.29 is 23.7 Å². The smallest absolute Gasteiger partial charge is 0.330 e. The second-order valence-electron chi connectivity index (χ2n) is 6.03.